The normalized spacial score (nSPS) is 22.7. The van der Waals surface area contributed by atoms with Crippen LogP contribution in [0.1, 0.15) is 48.5 Å². The molecule has 1 aromatic rings. The van der Waals surface area contributed by atoms with Gasteiger partial charge in [-0.3, -0.25) is 9.69 Å². The second-order valence-corrected chi connectivity index (χ2v) is 8.54. The molecule has 3 rings (SSSR count). The van der Waals surface area contributed by atoms with Gasteiger partial charge in [-0.05, 0) is 38.0 Å². The molecule has 2 aliphatic rings. The Balaban J connectivity index is 1.74. The number of anilines is 1. The first-order valence-corrected chi connectivity index (χ1v) is 9.99. The average Bonchev–Trinajstić information content (AvgIpc) is 3.32. The Hall–Kier alpha value is -1.14. The van der Waals surface area contributed by atoms with Gasteiger partial charge in [-0.15, -0.1) is 0 Å². The fraction of sp³-hybridized carbons (Fsp3) is 0.778. The largest absolute Gasteiger partial charge is 0.365 e. The summed E-state index contributed by atoms with van der Waals surface area (Å²) in [6, 6.07) is 0.467. The summed E-state index contributed by atoms with van der Waals surface area (Å²) in [4.78, 5) is 23.0. The van der Waals surface area contributed by atoms with Gasteiger partial charge in [0.15, 0.2) is 5.13 Å². The van der Waals surface area contributed by atoms with Crippen molar-refractivity contribution in [2.24, 2.45) is 11.8 Å². The topological polar surface area (TPSA) is 48.5 Å². The number of hydrogen-bond acceptors (Lipinski definition) is 5. The number of carbonyl (C=O) groups excluding carboxylic acids is 1. The van der Waals surface area contributed by atoms with Crippen LogP contribution in [0.25, 0.3) is 0 Å². The van der Waals surface area contributed by atoms with Crippen LogP contribution in [-0.2, 0) is 0 Å². The summed E-state index contributed by atoms with van der Waals surface area (Å²) >= 11 is 1.47. The first-order chi connectivity index (χ1) is 11.5. The van der Waals surface area contributed by atoms with E-state index in [1.54, 1.807) is 0 Å². The van der Waals surface area contributed by atoms with Gasteiger partial charge in [-0.1, -0.05) is 25.2 Å². The van der Waals surface area contributed by atoms with Crippen molar-refractivity contribution in [3.63, 3.8) is 0 Å². The van der Waals surface area contributed by atoms with Gasteiger partial charge < -0.3 is 10.2 Å². The summed E-state index contributed by atoms with van der Waals surface area (Å²) in [5.74, 6) is 1.62. The highest BCUT2D eigenvalue weighted by molar-refractivity contribution is 7.17. The van der Waals surface area contributed by atoms with Crippen molar-refractivity contribution >= 4 is 22.4 Å². The first-order valence-electron chi connectivity index (χ1n) is 9.18. The number of rotatable bonds is 5. The SMILES string of the molecule is CNc1nc(C)c(C(=O)N2CCCN(CC3CC3)[C@H](C(C)C)C2)s1. The second-order valence-electron chi connectivity index (χ2n) is 7.54. The maximum absolute atomic E-state index is 13.1. The van der Waals surface area contributed by atoms with E-state index in [2.05, 4.69) is 33.9 Å². The van der Waals surface area contributed by atoms with E-state index in [9.17, 15) is 4.79 Å². The molecule has 24 heavy (non-hydrogen) atoms. The molecule has 1 amide bonds. The Labute approximate surface area is 149 Å². The highest BCUT2D eigenvalue weighted by Gasteiger charge is 2.34. The third kappa shape index (κ3) is 3.91. The molecule has 1 aliphatic heterocycles. The van der Waals surface area contributed by atoms with Crippen molar-refractivity contribution in [3.05, 3.63) is 10.6 Å². The van der Waals surface area contributed by atoms with E-state index in [1.165, 1.54) is 30.7 Å². The predicted molar refractivity (Wildman–Crippen MR) is 99.8 cm³/mol. The standard InChI is InChI=1S/C18H30N4OS/c1-12(2)15-11-22(9-5-8-21(15)10-14-6-7-14)17(23)16-13(3)20-18(19-4)24-16/h12,14-15H,5-11H2,1-4H3,(H,19,20)/t15-/m0/s1. The monoisotopic (exact) mass is 350 g/mol. The van der Waals surface area contributed by atoms with Crippen molar-refractivity contribution in [1.29, 1.82) is 0 Å². The lowest BCUT2D eigenvalue weighted by Gasteiger charge is -2.34. The van der Waals surface area contributed by atoms with Crippen LogP contribution in [-0.4, -0.2) is 60.0 Å². The molecule has 1 atom stereocenters. The summed E-state index contributed by atoms with van der Waals surface area (Å²) in [6.07, 6.45) is 3.84. The summed E-state index contributed by atoms with van der Waals surface area (Å²) < 4.78 is 0. The molecule has 1 N–H and O–H groups in total. The van der Waals surface area contributed by atoms with Gasteiger partial charge in [0.25, 0.3) is 5.91 Å². The van der Waals surface area contributed by atoms with E-state index in [0.29, 0.717) is 12.0 Å². The zero-order chi connectivity index (χ0) is 17.3. The summed E-state index contributed by atoms with van der Waals surface area (Å²) in [7, 11) is 1.85. The van der Waals surface area contributed by atoms with Gasteiger partial charge in [0, 0.05) is 39.3 Å². The minimum Gasteiger partial charge on any atom is -0.365 e. The van der Waals surface area contributed by atoms with E-state index in [-0.39, 0.29) is 5.91 Å². The third-order valence-electron chi connectivity index (χ3n) is 5.20. The second kappa shape index (κ2) is 7.40. The minimum absolute atomic E-state index is 0.158. The molecular weight excluding hydrogens is 320 g/mol. The van der Waals surface area contributed by atoms with E-state index in [1.807, 2.05) is 14.0 Å². The van der Waals surface area contributed by atoms with Crippen LogP contribution in [0.3, 0.4) is 0 Å². The Morgan fingerprint density at radius 2 is 2.12 bits per heavy atom. The van der Waals surface area contributed by atoms with Crippen LogP contribution in [0.2, 0.25) is 0 Å². The Kier molecular flexibility index (Phi) is 5.45. The number of amides is 1. The highest BCUT2D eigenvalue weighted by Crippen LogP contribution is 2.32. The number of nitrogens with zero attached hydrogens (tertiary/aromatic N) is 3. The molecule has 0 radical (unpaired) electrons. The Bertz CT molecular complexity index is 582. The molecule has 0 unspecified atom stereocenters. The zero-order valence-corrected chi connectivity index (χ0v) is 16.2. The van der Waals surface area contributed by atoms with Gasteiger partial charge in [-0.2, -0.15) is 0 Å². The van der Waals surface area contributed by atoms with E-state index < -0.39 is 0 Å². The minimum atomic E-state index is 0.158. The molecule has 1 saturated heterocycles. The Morgan fingerprint density at radius 1 is 1.38 bits per heavy atom. The molecule has 0 aromatic carbocycles. The van der Waals surface area contributed by atoms with Crippen molar-refractivity contribution in [3.8, 4) is 0 Å². The van der Waals surface area contributed by atoms with Gasteiger partial charge in [-0.25, -0.2) is 4.98 Å². The molecule has 2 heterocycles. The third-order valence-corrected chi connectivity index (χ3v) is 6.36. The first kappa shape index (κ1) is 17.7. The van der Waals surface area contributed by atoms with Gasteiger partial charge in [0.2, 0.25) is 0 Å². The van der Waals surface area contributed by atoms with Crippen molar-refractivity contribution in [2.75, 3.05) is 38.5 Å². The number of carbonyl (C=O) groups is 1. The molecular formula is C18H30N4OS. The van der Waals surface area contributed by atoms with Crippen LogP contribution in [0.5, 0.6) is 0 Å². The zero-order valence-electron chi connectivity index (χ0n) is 15.3. The van der Waals surface area contributed by atoms with E-state index in [0.717, 1.165) is 47.7 Å². The number of thiazole rings is 1. The number of aryl methyl sites for hydroxylation is 1. The van der Waals surface area contributed by atoms with Crippen LogP contribution in [0.15, 0.2) is 0 Å². The van der Waals surface area contributed by atoms with Crippen LogP contribution in [0, 0.1) is 18.8 Å². The van der Waals surface area contributed by atoms with Crippen molar-refractivity contribution in [2.45, 2.75) is 46.1 Å². The average molecular weight is 351 g/mol. The lowest BCUT2D eigenvalue weighted by Crippen LogP contribution is -2.46. The van der Waals surface area contributed by atoms with Crippen molar-refractivity contribution in [1.82, 2.24) is 14.8 Å². The summed E-state index contributed by atoms with van der Waals surface area (Å²) in [6.45, 7) is 10.5. The molecule has 134 valence electrons. The number of aromatic nitrogens is 1. The number of hydrogen-bond donors (Lipinski definition) is 1. The van der Waals surface area contributed by atoms with Gasteiger partial charge in [0.1, 0.15) is 4.88 Å². The van der Waals surface area contributed by atoms with Crippen molar-refractivity contribution < 1.29 is 4.79 Å². The van der Waals surface area contributed by atoms with E-state index in [4.69, 9.17) is 0 Å². The Morgan fingerprint density at radius 3 is 2.71 bits per heavy atom. The molecule has 2 fully saturated rings. The molecule has 1 aliphatic carbocycles. The van der Waals surface area contributed by atoms with E-state index >= 15 is 0 Å². The van der Waals surface area contributed by atoms with Gasteiger partial charge >= 0.3 is 0 Å². The summed E-state index contributed by atoms with van der Waals surface area (Å²) in [5.41, 5.74) is 0.842. The predicted octanol–water partition coefficient (Wildman–Crippen LogP) is 3.08. The fourth-order valence-electron chi connectivity index (χ4n) is 3.58. The fourth-order valence-corrected chi connectivity index (χ4v) is 4.47. The number of nitrogens with one attached hydrogen (secondary N) is 1. The molecule has 1 aromatic heterocycles. The molecule has 0 spiro atoms. The maximum atomic E-state index is 13.1. The lowest BCUT2D eigenvalue weighted by atomic mass is 10.0. The molecule has 1 saturated carbocycles. The highest BCUT2D eigenvalue weighted by atomic mass is 32.1. The summed E-state index contributed by atoms with van der Waals surface area (Å²) in [5, 5.41) is 3.87. The lowest BCUT2D eigenvalue weighted by molar-refractivity contribution is 0.0708. The smallest absolute Gasteiger partial charge is 0.265 e. The molecule has 5 nitrogen and oxygen atoms in total. The molecule has 0 bridgehead atoms. The van der Waals surface area contributed by atoms with Crippen LogP contribution in [0.4, 0.5) is 5.13 Å². The van der Waals surface area contributed by atoms with Crippen LogP contribution < -0.4 is 5.32 Å². The molecule has 6 heteroatoms. The van der Waals surface area contributed by atoms with Crippen LogP contribution >= 0.6 is 11.3 Å². The quantitative estimate of drug-likeness (QED) is 0.887. The maximum Gasteiger partial charge on any atom is 0.265 e. The van der Waals surface area contributed by atoms with Gasteiger partial charge in [0.05, 0.1) is 5.69 Å².